The molecule has 5 nitrogen and oxygen atoms in total. The molecule has 1 aliphatic rings. The van der Waals surface area contributed by atoms with E-state index in [2.05, 4.69) is 10.2 Å². The number of phenolic OH excluding ortho intramolecular Hbond substituents is 1. The Morgan fingerprint density at radius 3 is 2.61 bits per heavy atom. The van der Waals surface area contributed by atoms with Crippen LogP contribution in [0.1, 0.15) is 24.5 Å². The molecule has 23 heavy (non-hydrogen) atoms. The second kappa shape index (κ2) is 6.44. The zero-order valence-electron chi connectivity index (χ0n) is 12.8. The molecule has 116 valence electrons. The number of phenols is 1. The number of rotatable bonds is 4. The number of carbonyl (C=O) groups is 1. The third-order valence-corrected chi connectivity index (χ3v) is 3.60. The monoisotopic (exact) mass is 307 g/mol. The molecule has 0 radical (unpaired) electrons. The van der Waals surface area contributed by atoms with E-state index in [1.165, 1.54) is 0 Å². The number of hydrogen-bond acceptors (Lipinski definition) is 4. The molecule has 3 rings (SSSR count). The number of para-hydroxylation sites is 1. The van der Waals surface area contributed by atoms with Crippen molar-refractivity contribution < 1.29 is 9.90 Å². The lowest BCUT2D eigenvalue weighted by atomic mass is 10.1. The molecule has 0 fully saturated rings. The highest BCUT2D eigenvalue weighted by Crippen LogP contribution is 2.29. The maximum Gasteiger partial charge on any atom is 0.279 e. The SMILES string of the molecule is CCCN1C(=O)/C(=N/N=C/c2ccc(O)cc2)c2ccccc21. The number of benzene rings is 2. The first-order chi connectivity index (χ1) is 11.2. The number of anilines is 1. The summed E-state index contributed by atoms with van der Waals surface area (Å²) < 4.78 is 0. The first kappa shape index (κ1) is 15.0. The first-order valence-corrected chi connectivity index (χ1v) is 7.52. The van der Waals surface area contributed by atoms with Crippen LogP contribution in [0.25, 0.3) is 0 Å². The predicted octanol–water partition coefficient (Wildman–Crippen LogP) is 2.97. The van der Waals surface area contributed by atoms with Gasteiger partial charge in [-0.2, -0.15) is 5.10 Å². The maximum atomic E-state index is 12.5. The van der Waals surface area contributed by atoms with Gasteiger partial charge in [0.2, 0.25) is 0 Å². The number of amides is 1. The van der Waals surface area contributed by atoms with Crippen LogP contribution in [0.3, 0.4) is 0 Å². The molecule has 0 spiro atoms. The fourth-order valence-corrected chi connectivity index (χ4v) is 2.52. The van der Waals surface area contributed by atoms with E-state index < -0.39 is 0 Å². The standard InChI is InChI=1S/C18H17N3O2/c1-2-11-21-16-6-4-3-5-15(16)17(18(21)23)20-19-12-13-7-9-14(22)10-8-13/h3-10,12,22H,2,11H2,1H3/b19-12+,20-17+. The van der Waals surface area contributed by atoms with Crippen LogP contribution in [0.5, 0.6) is 5.75 Å². The molecule has 5 heteroatoms. The summed E-state index contributed by atoms with van der Waals surface area (Å²) in [6.45, 7) is 2.70. The Bertz CT molecular complexity index is 779. The second-order valence-electron chi connectivity index (χ2n) is 5.26. The molecule has 2 aromatic carbocycles. The highest BCUT2D eigenvalue weighted by Gasteiger charge is 2.33. The lowest BCUT2D eigenvalue weighted by Gasteiger charge is -2.14. The van der Waals surface area contributed by atoms with Crippen LogP contribution in [0.4, 0.5) is 5.69 Å². The third kappa shape index (κ3) is 2.99. The van der Waals surface area contributed by atoms with E-state index in [4.69, 9.17) is 0 Å². The smallest absolute Gasteiger partial charge is 0.279 e. The summed E-state index contributed by atoms with van der Waals surface area (Å²) in [6, 6.07) is 14.2. The average molecular weight is 307 g/mol. The predicted molar refractivity (Wildman–Crippen MR) is 91.3 cm³/mol. The lowest BCUT2D eigenvalue weighted by Crippen LogP contribution is -2.30. The van der Waals surface area contributed by atoms with Crippen molar-refractivity contribution in [3.8, 4) is 5.75 Å². The largest absolute Gasteiger partial charge is 0.508 e. The van der Waals surface area contributed by atoms with Crippen molar-refractivity contribution in [1.29, 1.82) is 0 Å². The number of hydrogen-bond donors (Lipinski definition) is 1. The van der Waals surface area contributed by atoms with Gasteiger partial charge in [0.1, 0.15) is 5.75 Å². The normalized spacial score (nSPS) is 15.6. The molecular weight excluding hydrogens is 290 g/mol. The van der Waals surface area contributed by atoms with E-state index in [-0.39, 0.29) is 11.7 Å². The van der Waals surface area contributed by atoms with Gasteiger partial charge >= 0.3 is 0 Å². The van der Waals surface area contributed by atoms with Crippen molar-refractivity contribution in [3.63, 3.8) is 0 Å². The molecule has 0 aromatic heterocycles. The summed E-state index contributed by atoms with van der Waals surface area (Å²) in [5, 5.41) is 17.4. The van der Waals surface area contributed by atoms with Gasteiger partial charge in [0.05, 0.1) is 11.9 Å². The Labute approximate surface area is 134 Å². The maximum absolute atomic E-state index is 12.5. The summed E-state index contributed by atoms with van der Waals surface area (Å²) in [5.74, 6) is 0.0828. The Morgan fingerprint density at radius 2 is 1.87 bits per heavy atom. The molecule has 1 aliphatic heterocycles. The number of nitrogens with zero attached hydrogens (tertiary/aromatic N) is 3. The highest BCUT2D eigenvalue weighted by atomic mass is 16.3. The average Bonchev–Trinajstić information content (AvgIpc) is 2.83. The molecule has 1 heterocycles. The topological polar surface area (TPSA) is 65.3 Å². The number of fused-ring (bicyclic) bond motifs is 1. The fraction of sp³-hybridized carbons (Fsp3) is 0.167. The molecule has 0 aliphatic carbocycles. The van der Waals surface area contributed by atoms with Crippen LogP contribution in [0, 0.1) is 0 Å². The van der Waals surface area contributed by atoms with Crippen LogP contribution in [0.2, 0.25) is 0 Å². The van der Waals surface area contributed by atoms with Gasteiger partial charge in [-0.1, -0.05) is 25.1 Å². The zero-order chi connectivity index (χ0) is 16.2. The van der Waals surface area contributed by atoms with E-state index in [1.807, 2.05) is 31.2 Å². The van der Waals surface area contributed by atoms with Crippen LogP contribution in [-0.4, -0.2) is 29.5 Å². The molecule has 0 saturated carbocycles. The molecule has 0 bridgehead atoms. The van der Waals surface area contributed by atoms with Crippen LogP contribution < -0.4 is 4.90 Å². The van der Waals surface area contributed by atoms with E-state index in [1.54, 1.807) is 35.4 Å². The van der Waals surface area contributed by atoms with Gasteiger partial charge in [0, 0.05) is 12.1 Å². The summed E-state index contributed by atoms with van der Waals surface area (Å²) in [7, 11) is 0. The van der Waals surface area contributed by atoms with Gasteiger partial charge < -0.3 is 10.0 Å². The molecule has 2 aromatic rings. The number of carbonyl (C=O) groups excluding carboxylic acids is 1. The van der Waals surface area contributed by atoms with Gasteiger partial charge in [-0.15, -0.1) is 5.10 Å². The lowest BCUT2D eigenvalue weighted by molar-refractivity contribution is -0.112. The van der Waals surface area contributed by atoms with Crippen molar-refractivity contribution in [2.75, 3.05) is 11.4 Å². The molecule has 0 unspecified atom stereocenters. The van der Waals surface area contributed by atoms with Crippen LogP contribution in [0.15, 0.2) is 58.7 Å². The Morgan fingerprint density at radius 1 is 1.13 bits per heavy atom. The van der Waals surface area contributed by atoms with E-state index >= 15 is 0 Å². The van der Waals surface area contributed by atoms with Gasteiger partial charge in [-0.25, -0.2) is 0 Å². The Hall–Kier alpha value is -2.95. The molecule has 0 atom stereocenters. The molecular formula is C18H17N3O2. The minimum absolute atomic E-state index is 0.115. The fourth-order valence-electron chi connectivity index (χ4n) is 2.52. The van der Waals surface area contributed by atoms with Crippen molar-refractivity contribution in [2.24, 2.45) is 10.2 Å². The van der Waals surface area contributed by atoms with Gasteiger partial charge in [0.25, 0.3) is 5.91 Å². The van der Waals surface area contributed by atoms with Crippen molar-refractivity contribution >= 4 is 23.5 Å². The van der Waals surface area contributed by atoms with Crippen LogP contribution >= 0.6 is 0 Å². The molecule has 1 N–H and O–H groups in total. The summed E-state index contributed by atoms with van der Waals surface area (Å²) in [5.41, 5.74) is 2.87. The Kier molecular flexibility index (Phi) is 4.19. The molecule has 0 saturated heterocycles. The summed E-state index contributed by atoms with van der Waals surface area (Å²) in [4.78, 5) is 14.3. The third-order valence-electron chi connectivity index (χ3n) is 3.60. The zero-order valence-corrected chi connectivity index (χ0v) is 12.8. The summed E-state index contributed by atoms with van der Waals surface area (Å²) in [6.07, 6.45) is 2.44. The van der Waals surface area contributed by atoms with E-state index in [9.17, 15) is 9.90 Å². The number of aromatic hydroxyl groups is 1. The minimum atomic E-state index is -0.115. The van der Waals surface area contributed by atoms with Crippen molar-refractivity contribution in [1.82, 2.24) is 0 Å². The van der Waals surface area contributed by atoms with E-state index in [0.717, 1.165) is 23.2 Å². The second-order valence-corrected chi connectivity index (χ2v) is 5.26. The van der Waals surface area contributed by atoms with Crippen molar-refractivity contribution in [2.45, 2.75) is 13.3 Å². The van der Waals surface area contributed by atoms with Gasteiger partial charge in [-0.3, -0.25) is 4.79 Å². The summed E-state index contributed by atoms with van der Waals surface area (Å²) >= 11 is 0. The van der Waals surface area contributed by atoms with Gasteiger partial charge in [-0.05, 0) is 42.3 Å². The van der Waals surface area contributed by atoms with E-state index in [0.29, 0.717) is 12.3 Å². The minimum Gasteiger partial charge on any atom is -0.508 e. The Balaban J connectivity index is 1.89. The quantitative estimate of drug-likeness (QED) is 0.697. The van der Waals surface area contributed by atoms with Gasteiger partial charge in [0.15, 0.2) is 5.71 Å². The van der Waals surface area contributed by atoms with Crippen molar-refractivity contribution in [3.05, 3.63) is 59.7 Å². The first-order valence-electron chi connectivity index (χ1n) is 7.52. The van der Waals surface area contributed by atoms with Crippen LogP contribution in [-0.2, 0) is 4.79 Å². The molecule has 1 amide bonds. The highest BCUT2D eigenvalue weighted by molar-refractivity contribution is 6.54.